The molecule has 0 atom stereocenters. The Hall–Kier alpha value is -1.62. The average Bonchev–Trinajstić information content (AvgIpc) is 2.44. The molecule has 0 N–H and O–H groups in total. The van der Waals surface area contributed by atoms with Crippen molar-refractivity contribution in [3.63, 3.8) is 0 Å². The van der Waals surface area contributed by atoms with Crippen molar-refractivity contribution in [2.45, 2.75) is 26.7 Å². The van der Waals surface area contributed by atoms with Crippen LogP contribution in [0.4, 0.5) is 0 Å². The molecule has 1 aromatic rings. The summed E-state index contributed by atoms with van der Waals surface area (Å²) >= 11 is 3.28. The molecule has 0 amide bonds. The number of esters is 2. The molecule has 0 fully saturated rings. The maximum Gasteiger partial charge on any atom is 0.336 e. The lowest BCUT2D eigenvalue weighted by Gasteiger charge is -2.04. The van der Waals surface area contributed by atoms with E-state index in [2.05, 4.69) is 29.8 Å². The fourth-order valence-corrected chi connectivity index (χ4v) is 1.77. The molecule has 0 aliphatic rings. The third kappa shape index (κ3) is 8.30. The zero-order chi connectivity index (χ0) is 15.7. The second kappa shape index (κ2) is 9.34. The van der Waals surface area contributed by atoms with Gasteiger partial charge in [-0.1, -0.05) is 29.8 Å². The lowest BCUT2D eigenvalue weighted by Crippen LogP contribution is -2.07. The van der Waals surface area contributed by atoms with Gasteiger partial charge in [-0.25, -0.2) is 9.59 Å². The number of hydrogen-bond acceptors (Lipinski definition) is 4. The zero-order valence-electron chi connectivity index (χ0n) is 12.2. The molecule has 1 rings (SSSR count). The van der Waals surface area contributed by atoms with Gasteiger partial charge >= 0.3 is 11.9 Å². The smallest absolute Gasteiger partial charge is 0.336 e. The highest BCUT2D eigenvalue weighted by Gasteiger charge is 2.03. The summed E-state index contributed by atoms with van der Waals surface area (Å²) in [6, 6.07) is 6.82. The van der Waals surface area contributed by atoms with Crippen LogP contribution in [-0.2, 0) is 14.3 Å². The number of benzene rings is 1. The van der Waals surface area contributed by atoms with Crippen LogP contribution in [0.15, 0.2) is 40.9 Å². The molecule has 0 aromatic heterocycles. The van der Waals surface area contributed by atoms with E-state index in [1.165, 1.54) is 0 Å². The number of rotatable bonds is 7. The van der Waals surface area contributed by atoms with Crippen LogP contribution < -0.4 is 4.74 Å². The van der Waals surface area contributed by atoms with E-state index in [1.807, 2.05) is 0 Å². The standard InChI is InChI=1S/C16H19BrO4/c1-12(2)4-3-11-20-15(18)9-10-16(19)21-14-7-5-13(17)6-8-14/h5-10,12H,3-4,11H2,1-2H3/b10-9+. The predicted molar refractivity (Wildman–Crippen MR) is 83.9 cm³/mol. The zero-order valence-corrected chi connectivity index (χ0v) is 13.8. The van der Waals surface area contributed by atoms with Crippen molar-refractivity contribution in [1.82, 2.24) is 0 Å². The molecule has 0 saturated heterocycles. The molecule has 0 aliphatic heterocycles. The van der Waals surface area contributed by atoms with E-state index in [4.69, 9.17) is 9.47 Å². The van der Waals surface area contributed by atoms with E-state index in [-0.39, 0.29) is 0 Å². The highest BCUT2D eigenvalue weighted by Crippen LogP contribution is 2.16. The Morgan fingerprint density at radius 1 is 1.14 bits per heavy atom. The molecule has 5 heteroatoms. The predicted octanol–water partition coefficient (Wildman–Crippen LogP) is 3.89. The number of halogens is 1. The Labute approximate surface area is 133 Å². The summed E-state index contributed by atoms with van der Waals surface area (Å²) in [5.74, 6) is -0.152. The fourth-order valence-electron chi connectivity index (χ4n) is 1.50. The lowest BCUT2D eigenvalue weighted by molar-refractivity contribution is -0.138. The number of ether oxygens (including phenoxy) is 2. The molecular weight excluding hydrogens is 336 g/mol. The first-order chi connectivity index (χ1) is 9.97. The first-order valence-corrected chi connectivity index (χ1v) is 7.59. The molecule has 0 aliphatic carbocycles. The fraction of sp³-hybridized carbons (Fsp3) is 0.375. The van der Waals surface area contributed by atoms with Crippen molar-refractivity contribution >= 4 is 27.9 Å². The van der Waals surface area contributed by atoms with Gasteiger partial charge in [0.2, 0.25) is 0 Å². The summed E-state index contributed by atoms with van der Waals surface area (Å²) in [6.45, 7) is 4.59. The lowest BCUT2D eigenvalue weighted by atomic mass is 10.1. The minimum absolute atomic E-state index is 0.364. The van der Waals surface area contributed by atoms with Gasteiger partial charge in [0.1, 0.15) is 5.75 Å². The van der Waals surface area contributed by atoms with Gasteiger partial charge in [-0.2, -0.15) is 0 Å². The second-order valence-corrected chi connectivity index (χ2v) is 5.83. The van der Waals surface area contributed by atoms with E-state index >= 15 is 0 Å². The van der Waals surface area contributed by atoms with Gasteiger partial charge in [-0.15, -0.1) is 0 Å². The van der Waals surface area contributed by atoms with Crippen LogP contribution in [0, 0.1) is 5.92 Å². The summed E-state index contributed by atoms with van der Waals surface area (Å²) in [5.41, 5.74) is 0. The highest BCUT2D eigenvalue weighted by atomic mass is 79.9. The average molecular weight is 355 g/mol. The maximum absolute atomic E-state index is 11.5. The molecule has 114 valence electrons. The number of carbonyl (C=O) groups is 2. The van der Waals surface area contributed by atoms with E-state index in [1.54, 1.807) is 24.3 Å². The molecule has 0 bridgehead atoms. The molecule has 0 unspecified atom stereocenters. The van der Waals surface area contributed by atoms with Crippen LogP contribution in [0.2, 0.25) is 0 Å². The van der Waals surface area contributed by atoms with Crippen molar-refractivity contribution in [2.24, 2.45) is 5.92 Å². The first kappa shape index (κ1) is 17.4. The molecule has 0 saturated carbocycles. The van der Waals surface area contributed by atoms with Crippen LogP contribution in [-0.4, -0.2) is 18.5 Å². The van der Waals surface area contributed by atoms with E-state index in [0.717, 1.165) is 29.5 Å². The normalized spacial score (nSPS) is 10.9. The summed E-state index contributed by atoms with van der Waals surface area (Å²) in [5, 5.41) is 0. The monoisotopic (exact) mass is 354 g/mol. The van der Waals surface area contributed by atoms with Gasteiger partial charge < -0.3 is 9.47 Å². The SMILES string of the molecule is CC(C)CCCOC(=O)/C=C/C(=O)Oc1ccc(Br)cc1. The van der Waals surface area contributed by atoms with E-state index < -0.39 is 11.9 Å². The Morgan fingerprint density at radius 3 is 2.38 bits per heavy atom. The minimum atomic E-state index is -0.614. The Bertz CT molecular complexity index is 492. The van der Waals surface area contributed by atoms with Crippen LogP contribution in [0.5, 0.6) is 5.75 Å². The summed E-state index contributed by atoms with van der Waals surface area (Å²) in [7, 11) is 0. The summed E-state index contributed by atoms with van der Waals surface area (Å²) < 4.78 is 10.9. The largest absolute Gasteiger partial charge is 0.463 e. The van der Waals surface area contributed by atoms with Gasteiger partial charge in [-0.05, 0) is 43.0 Å². The molecule has 21 heavy (non-hydrogen) atoms. The van der Waals surface area contributed by atoms with Crippen molar-refractivity contribution in [1.29, 1.82) is 0 Å². The molecule has 4 nitrogen and oxygen atoms in total. The third-order valence-electron chi connectivity index (χ3n) is 2.56. The van der Waals surface area contributed by atoms with Gasteiger partial charge in [-0.3, -0.25) is 0 Å². The highest BCUT2D eigenvalue weighted by molar-refractivity contribution is 9.10. The van der Waals surface area contributed by atoms with Crippen LogP contribution in [0.1, 0.15) is 26.7 Å². The molecule has 0 spiro atoms. The van der Waals surface area contributed by atoms with Crippen LogP contribution in [0.3, 0.4) is 0 Å². The second-order valence-electron chi connectivity index (χ2n) is 4.91. The minimum Gasteiger partial charge on any atom is -0.463 e. The molecule has 0 heterocycles. The maximum atomic E-state index is 11.5. The number of carbonyl (C=O) groups excluding carboxylic acids is 2. The summed E-state index contributed by atoms with van der Waals surface area (Å²) in [6.07, 6.45) is 3.96. The molecule has 0 radical (unpaired) electrons. The van der Waals surface area contributed by atoms with Gasteiger partial charge in [0.25, 0.3) is 0 Å². The van der Waals surface area contributed by atoms with Crippen molar-refractivity contribution in [2.75, 3.05) is 6.61 Å². The quantitative estimate of drug-likeness (QED) is 0.322. The van der Waals surface area contributed by atoms with Gasteiger partial charge in [0.05, 0.1) is 6.61 Å². The van der Waals surface area contributed by atoms with Gasteiger partial charge in [0.15, 0.2) is 0 Å². The Kier molecular flexibility index (Phi) is 7.75. The van der Waals surface area contributed by atoms with Crippen LogP contribution in [0.25, 0.3) is 0 Å². The molecular formula is C16H19BrO4. The van der Waals surface area contributed by atoms with E-state index in [0.29, 0.717) is 18.3 Å². The van der Waals surface area contributed by atoms with Crippen molar-refractivity contribution in [3.8, 4) is 5.75 Å². The topological polar surface area (TPSA) is 52.6 Å². The number of hydrogen-bond donors (Lipinski definition) is 0. The van der Waals surface area contributed by atoms with Crippen molar-refractivity contribution in [3.05, 3.63) is 40.9 Å². The molecule has 1 aromatic carbocycles. The van der Waals surface area contributed by atoms with Crippen molar-refractivity contribution < 1.29 is 19.1 Å². The summed E-state index contributed by atoms with van der Waals surface area (Å²) in [4.78, 5) is 22.9. The Balaban J connectivity index is 2.29. The first-order valence-electron chi connectivity index (χ1n) is 6.79. The third-order valence-corrected chi connectivity index (χ3v) is 3.09. The van der Waals surface area contributed by atoms with E-state index in [9.17, 15) is 9.59 Å². The van der Waals surface area contributed by atoms with Crippen LogP contribution >= 0.6 is 15.9 Å². The van der Waals surface area contributed by atoms with Gasteiger partial charge in [0, 0.05) is 16.6 Å². The Morgan fingerprint density at radius 2 is 1.76 bits per heavy atom.